The molecule has 1 atom stereocenters. The molecule has 11 heteroatoms. The van der Waals surface area contributed by atoms with Crippen molar-refractivity contribution >= 4 is 50.6 Å². The molecular weight excluding hydrogens is 532 g/mol. The molecule has 198 valence electrons. The number of aromatic nitrogens is 1. The standard InChI is InChI=1S/C26H31ClN4O4S2/c1-25(2,3)35-24(32)31(23-16-36-18-28-23)37(33,34)20-10-11-22(21(27)14-20)29-26(4)12-13-30(17-26)15-19-8-6-5-7-9-19/h5-11,14,16,18,29H,12-13,15,17H2,1-4H3/t26-/m1/s1. The molecule has 1 aliphatic heterocycles. The summed E-state index contributed by atoms with van der Waals surface area (Å²) < 4.78 is 33.0. The van der Waals surface area contributed by atoms with Crippen LogP contribution in [0.4, 0.5) is 16.3 Å². The van der Waals surface area contributed by atoms with Crippen LogP contribution in [0, 0.1) is 0 Å². The van der Waals surface area contributed by atoms with Crippen LogP contribution in [0.25, 0.3) is 0 Å². The fourth-order valence-electron chi connectivity index (χ4n) is 4.25. The number of hydrogen-bond donors (Lipinski definition) is 1. The first-order valence-electron chi connectivity index (χ1n) is 11.9. The Morgan fingerprint density at radius 3 is 2.59 bits per heavy atom. The molecule has 1 aromatic heterocycles. The predicted molar refractivity (Wildman–Crippen MR) is 148 cm³/mol. The summed E-state index contributed by atoms with van der Waals surface area (Å²) in [6.45, 7) is 9.73. The Hall–Kier alpha value is -2.66. The highest BCUT2D eigenvalue weighted by Crippen LogP contribution is 2.34. The molecule has 0 saturated carbocycles. The molecule has 8 nitrogen and oxygen atoms in total. The van der Waals surface area contributed by atoms with Gasteiger partial charge in [0.2, 0.25) is 0 Å². The Bertz CT molecular complexity index is 1340. The van der Waals surface area contributed by atoms with Crippen LogP contribution in [-0.4, -0.2) is 48.6 Å². The van der Waals surface area contributed by atoms with Gasteiger partial charge in [0.25, 0.3) is 10.0 Å². The van der Waals surface area contributed by atoms with E-state index >= 15 is 0 Å². The van der Waals surface area contributed by atoms with Gasteiger partial charge in [0.15, 0.2) is 5.82 Å². The summed E-state index contributed by atoms with van der Waals surface area (Å²) in [6.07, 6.45) is -0.124. The zero-order chi connectivity index (χ0) is 26.8. The molecule has 1 aliphatic rings. The van der Waals surface area contributed by atoms with Crippen LogP contribution in [0.2, 0.25) is 5.02 Å². The minimum absolute atomic E-state index is 0.0328. The molecule has 1 fully saturated rings. The molecule has 0 aliphatic carbocycles. The third kappa shape index (κ3) is 6.62. The van der Waals surface area contributed by atoms with Crippen LogP contribution >= 0.6 is 22.9 Å². The lowest BCUT2D eigenvalue weighted by Gasteiger charge is -2.29. The summed E-state index contributed by atoms with van der Waals surface area (Å²) in [7, 11) is -4.34. The van der Waals surface area contributed by atoms with E-state index in [9.17, 15) is 13.2 Å². The summed E-state index contributed by atoms with van der Waals surface area (Å²) in [5.74, 6) is -0.0328. The normalized spacial score (nSPS) is 18.5. The van der Waals surface area contributed by atoms with Crippen LogP contribution in [0.3, 0.4) is 0 Å². The minimum atomic E-state index is -4.34. The first-order valence-corrected chi connectivity index (χ1v) is 14.6. The summed E-state index contributed by atoms with van der Waals surface area (Å²) >= 11 is 7.74. The molecule has 0 spiro atoms. The zero-order valence-corrected chi connectivity index (χ0v) is 23.7. The minimum Gasteiger partial charge on any atom is -0.443 e. The lowest BCUT2D eigenvalue weighted by atomic mass is 10.0. The number of carbonyl (C=O) groups is 1. The molecule has 1 saturated heterocycles. The van der Waals surface area contributed by atoms with Crippen LogP contribution in [0.1, 0.15) is 39.7 Å². The first kappa shape index (κ1) is 27.4. The Kier molecular flexibility index (Phi) is 7.85. The number of carbonyl (C=O) groups excluding carboxylic acids is 1. The van der Waals surface area contributed by atoms with Gasteiger partial charge in [-0.2, -0.15) is 0 Å². The maximum atomic E-state index is 13.5. The monoisotopic (exact) mass is 562 g/mol. The predicted octanol–water partition coefficient (Wildman–Crippen LogP) is 6.00. The number of sulfonamides is 1. The number of nitrogens with zero attached hydrogens (tertiary/aromatic N) is 3. The highest BCUT2D eigenvalue weighted by atomic mass is 35.5. The summed E-state index contributed by atoms with van der Waals surface area (Å²) in [6, 6.07) is 14.7. The first-order chi connectivity index (χ1) is 17.4. The van der Waals surface area contributed by atoms with Crippen molar-refractivity contribution in [1.29, 1.82) is 0 Å². The molecule has 0 radical (unpaired) electrons. The second kappa shape index (κ2) is 10.6. The number of anilines is 2. The zero-order valence-electron chi connectivity index (χ0n) is 21.3. The maximum Gasteiger partial charge on any atom is 0.430 e. The van der Waals surface area contributed by atoms with Crippen molar-refractivity contribution in [3.8, 4) is 0 Å². The number of likely N-dealkylation sites (tertiary alicyclic amines) is 1. The van der Waals surface area contributed by atoms with E-state index < -0.39 is 21.7 Å². The van der Waals surface area contributed by atoms with E-state index in [-0.39, 0.29) is 21.3 Å². The SMILES string of the molecule is CC(C)(C)OC(=O)N(c1cscn1)S(=O)(=O)c1ccc(N[C@]2(C)CCN(Cc3ccccc3)C2)c(Cl)c1. The number of halogens is 1. The molecule has 4 rings (SSSR count). The van der Waals surface area contributed by atoms with Gasteiger partial charge in [-0.1, -0.05) is 41.9 Å². The van der Waals surface area contributed by atoms with E-state index in [1.54, 1.807) is 26.8 Å². The molecule has 1 amide bonds. The van der Waals surface area contributed by atoms with E-state index in [4.69, 9.17) is 16.3 Å². The molecular formula is C26H31ClN4O4S2. The van der Waals surface area contributed by atoms with Crippen LogP contribution in [0.5, 0.6) is 0 Å². The molecule has 0 unspecified atom stereocenters. The highest BCUT2D eigenvalue weighted by molar-refractivity contribution is 7.93. The van der Waals surface area contributed by atoms with Gasteiger partial charge in [0, 0.05) is 30.6 Å². The number of thiazole rings is 1. The van der Waals surface area contributed by atoms with Gasteiger partial charge in [-0.25, -0.2) is 18.2 Å². The number of hydrogen-bond acceptors (Lipinski definition) is 8. The molecule has 2 heterocycles. The topological polar surface area (TPSA) is 91.8 Å². The van der Waals surface area contributed by atoms with Gasteiger partial charge in [-0.15, -0.1) is 15.6 Å². The van der Waals surface area contributed by atoms with Crippen molar-refractivity contribution in [3.63, 3.8) is 0 Å². The lowest BCUT2D eigenvalue weighted by molar-refractivity contribution is 0.0608. The summed E-state index contributed by atoms with van der Waals surface area (Å²) in [5, 5.41) is 5.22. The Labute approximate surface area is 227 Å². The fraction of sp³-hybridized carbons (Fsp3) is 0.385. The molecule has 2 aromatic carbocycles. The summed E-state index contributed by atoms with van der Waals surface area (Å²) in [4.78, 5) is 19.2. The second-order valence-corrected chi connectivity index (χ2v) is 13.3. The Balaban J connectivity index is 1.53. The highest BCUT2D eigenvalue weighted by Gasteiger charge is 2.37. The van der Waals surface area contributed by atoms with Gasteiger partial charge >= 0.3 is 6.09 Å². The third-order valence-electron chi connectivity index (χ3n) is 5.90. The maximum absolute atomic E-state index is 13.5. The number of nitrogens with one attached hydrogen (secondary N) is 1. The Morgan fingerprint density at radius 2 is 1.97 bits per heavy atom. The van der Waals surface area contributed by atoms with Crippen molar-refractivity contribution in [2.45, 2.75) is 56.7 Å². The van der Waals surface area contributed by atoms with Gasteiger partial charge in [-0.3, -0.25) is 4.90 Å². The van der Waals surface area contributed by atoms with Crippen molar-refractivity contribution in [3.05, 3.63) is 70.0 Å². The van der Waals surface area contributed by atoms with Crippen molar-refractivity contribution in [1.82, 2.24) is 9.88 Å². The number of rotatable bonds is 7. The average Bonchev–Trinajstić information content (AvgIpc) is 3.45. The van der Waals surface area contributed by atoms with E-state index in [1.807, 2.05) is 18.2 Å². The summed E-state index contributed by atoms with van der Waals surface area (Å²) in [5.41, 5.74) is 2.21. The van der Waals surface area contributed by atoms with Crippen molar-refractivity contribution in [2.24, 2.45) is 0 Å². The number of benzene rings is 2. The van der Waals surface area contributed by atoms with Crippen molar-refractivity contribution in [2.75, 3.05) is 22.7 Å². The van der Waals surface area contributed by atoms with E-state index in [1.165, 1.54) is 39.9 Å². The largest absolute Gasteiger partial charge is 0.443 e. The van der Waals surface area contributed by atoms with Crippen LogP contribution in [0.15, 0.2) is 64.3 Å². The molecule has 3 aromatic rings. The van der Waals surface area contributed by atoms with Gasteiger partial charge in [0.1, 0.15) is 5.60 Å². The fourth-order valence-corrected chi connectivity index (χ4v) is 6.42. The van der Waals surface area contributed by atoms with Gasteiger partial charge in [0.05, 0.1) is 21.1 Å². The van der Waals surface area contributed by atoms with Gasteiger partial charge < -0.3 is 10.1 Å². The van der Waals surface area contributed by atoms with Crippen LogP contribution in [-0.2, 0) is 21.3 Å². The molecule has 0 bridgehead atoms. The number of ether oxygens (including phenoxy) is 1. The smallest absolute Gasteiger partial charge is 0.430 e. The van der Waals surface area contributed by atoms with E-state index in [0.29, 0.717) is 9.99 Å². The lowest BCUT2D eigenvalue weighted by Crippen LogP contribution is -2.41. The molecule has 1 N–H and O–H groups in total. The third-order valence-corrected chi connectivity index (χ3v) is 8.46. The number of amides is 1. The second-order valence-electron chi connectivity index (χ2n) is 10.4. The van der Waals surface area contributed by atoms with E-state index in [0.717, 1.165) is 26.1 Å². The Morgan fingerprint density at radius 1 is 1.24 bits per heavy atom. The quantitative estimate of drug-likeness (QED) is 0.377. The van der Waals surface area contributed by atoms with Crippen LogP contribution < -0.4 is 9.62 Å². The molecule has 37 heavy (non-hydrogen) atoms. The van der Waals surface area contributed by atoms with E-state index in [2.05, 4.69) is 34.3 Å². The average molecular weight is 563 g/mol. The van der Waals surface area contributed by atoms with Crippen molar-refractivity contribution < 1.29 is 17.9 Å². The van der Waals surface area contributed by atoms with Gasteiger partial charge in [-0.05, 0) is 57.9 Å².